The third-order valence-corrected chi connectivity index (χ3v) is 5.73. The number of rotatable bonds is 9. The molecule has 0 aromatic heterocycles. The lowest BCUT2D eigenvalue weighted by Gasteiger charge is -2.22. The maximum Gasteiger partial charge on any atom is 0.193 e. The third kappa shape index (κ3) is 7.71. The normalized spacial score (nSPS) is 11.5. The van der Waals surface area contributed by atoms with Crippen LogP contribution in [0.1, 0.15) is 6.92 Å². The topological polar surface area (TPSA) is 71.0 Å². The van der Waals surface area contributed by atoms with Gasteiger partial charge in [0.1, 0.15) is 17.3 Å². The van der Waals surface area contributed by atoms with Crippen LogP contribution in [0, 0.1) is 11.6 Å². The van der Waals surface area contributed by atoms with E-state index in [1.54, 1.807) is 30.1 Å². The molecule has 0 saturated carbocycles. The van der Waals surface area contributed by atoms with E-state index in [0.29, 0.717) is 19.0 Å². The predicted molar refractivity (Wildman–Crippen MR) is 124 cm³/mol. The Balaban J connectivity index is 0.00000450. The van der Waals surface area contributed by atoms with Gasteiger partial charge in [-0.05, 0) is 31.2 Å². The highest BCUT2D eigenvalue weighted by Crippen LogP contribution is 2.16. The minimum atomic E-state index is -3.78. The van der Waals surface area contributed by atoms with Crippen molar-refractivity contribution in [1.29, 1.82) is 0 Å². The zero-order valence-corrected chi connectivity index (χ0v) is 20.0. The molecule has 0 unspecified atom stereocenters. The number of para-hydroxylation sites is 1. The first-order valence-corrected chi connectivity index (χ1v) is 10.8. The van der Waals surface area contributed by atoms with Gasteiger partial charge in [-0.15, -0.1) is 24.0 Å². The van der Waals surface area contributed by atoms with E-state index in [-0.39, 0.29) is 53.5 Å². The van der Waals surface area contributed by atoms with Crippen LogP contribution in [0.5, 0.6) is 5.75 Å². The average Bonchev–Trinajstić information content (AvgIpc) is 2.69. The van der Waals surface area contributed by atoms with Crippen molar-refractivity contribution in [3.8, 4) is 5.75 Å². The molecule has 0 atom stereocenters. The van der Waals surface area contributed by atoms with Crippen LogP contribution >= 0.6 is 24.0 Å². The molecule has 0 spiro atoms. The van der Waals surface area contributed by atoms with Crippen molar-refractivity contribution in [1.82, 2.24) is 10.2 Å². The molecule has 0 aliphatic heterocycles. The Morgan fingerprint density at radius 3 is 2.37 bits per heavy atom. The number of benzene rings is 2. The summed E-state index contributed by atoms with van der Waals surface area (Å²) in [5.41, 5.74) is 0. The molecule has 0 aliphatic carbocycles. The van der Waals surface area contributed by atoms with Crippen molar-refractivity contribution >= 4 is 39.8 Å². The maximum absolute atomic E-state index is 13.8. The van der Waals surface area contributed by atoms with Gasteiger partial charge in [-0.3, -0.25) is 4.99 Å². The Hall–Kier alpha value is -1.95. The Kier molecular flexibility index (Phi) is 11.0. The van der Waals surface area contributed by atoms with E-state index < -0.39 is 21.5 Å². The average molecular weight is 553 g/mol. The highest BCUT2D eigenvalue weighted by atomic mass is 127. The van der Waals surface area contributed by atoms with Crippen LogP contribution in [0.2, 0.25) is 0 Å². The van der Waals surface area contributed by atoms with Crippen molar-refractivity contribution in [3.05, 3.63) is 60.2 Å². The Morgan fingerprint density at radius 2 is 1.73 bits per heavy atom. The molecule has 1 N–H and O–H groups in total. The molecule has 2 aromatic rings. The summed E-state index contributed by atoms with van der Waals surface area (Å²) in [6.45, 7) is 3.06. The molecule has 0 amide bonds. The number of ether oxygens (including phenoxy) is 1. The summed E-state index contributed by atoms with van der Waals surface area (Å²) in [5.74, 6) is -0.880. The van der Waals surface area contributed by atoms with E-state index in [0.717, 1.165) is 6.07 Å². The molecule has 0 fully saturated rings. The number of hydrogen-bond donors (Lipinski definition) is 1. The van der Waals surface area contributed by atoms with Gasteiger partial charge < -0.3 is 15.0 Å². The second-order valence-corrected chi connectivity index (χ2v) is 8.26. The molecule has 0 radical (unpaired) electrons. The first kappa shape index (κ1) is 26.1. The molecular formula is C20H26F2IN3O3S. The summed E-state index contributed by atoms with van der Waals surface area (Å²) < 4.78 is 57.4. The van der Waals surface area contributed by atoms with Gasteiger partial charge in [-0.1, -0.05) is 24.3 Å². The van der Waals surface area contributed by atoms with Crippen LogP contribution in [0.3, 0.4) is 0 Å². The van der Waals surface area contributed by atoms with Crippen LogP contribution in [0.4, 0.5) is 8.78 Å². The van der Waals surface area contributed by atoms with Crippen LogP contribution in [0.15, 0.2) is 58.4 Å². The number of guanidine groups is 1. The van der Waals surface area contributed by atoms with Crippen molar-refractivity contribution < 1.29 is 21.9 Å². The van der Waals surface area contributed by atoms with E-state index in [1.165, 1.54) is 24.3 Å². The van der Waals surface area contributed by atoms with Crippen molar-refractivity contribution in [2.75, 3.05) is 39.0 Å². The molecule has 6 nitrogen and oxygen atoms in total. The smallest absolute Gasteiger partial charge is 0.193 e. The molecule has 0 bridgehead atoms. The van der Waals surface area contributed by atoms with Gasteiger partial charge in [0.25, 0.3) is 0 Å². The fourth-order valence-corrected chi connectivity index (χ4v) is 3.71. The fourth-order valence-electron chi connectivity index (χ4n) is 2.51. The summed E-state index contributed by atoms with van der Waals surface area (Å²) in [6, 6.07) is 11.4. The lowest BCUT2D eigenvalue weighted by Crippen LogP contribution is -2.41. The van der Waals surface area contributed by atoms with Gasteiger partial charge >= 0.3 is 0 Å². The third-order valence-electron chi connectivity index (χ3n) is 4.01. The van der Waals surface area contributed by atoms with Crippen LogP contribution in [-0.2, 0) is 9.84 Å². The number of sulfone groups is 1. The Labute approximate surface area is 193 Å². The van der Waals surface area contributed by atoms with Crippen molar-refractivity contribution in [3.63, 3.8) is 0 Å². The van der Waals surface area contributed by atoms with E-state index in [2.05, 4.69) is 10.3 Å². The van der Waals surface area contributed by atoms with Gasteiger partial charge in [0.05, 0.1) is 18.8 Å². The first-order valence-electron chi connectivity index (χ1n) is 9.19. The minimum Gasteiger partial charge on any atom is -0.489 e. The molecule has 0 saturated heterocycles. The highest BCUT2D eigenvalue weighted by Gasteiger charge is 2.18. The number of likely N-dealkylation sites (N-methyl/N-ethyl adjacent to an activating group) is 1. The van der Waals surface area contributed by atoms with Crippen LogP contribution < -0.4 is 10.1 Å². The van der Waals surface area contributed by atoms with Gasteiger partial charge in [0.2, 0.25) is 0 Å². The van der Waals surface area contributed by atoms with Gasteiger partial charge in [-0.2, -0.15) is 0 Å². The Morgan fingerprint density at radius 1 is 1.10 bits per heavy atom. The minimum absolute atomic E-state index is 0. The predicted octanol–water partition coefficient (Wildman–Crippen LogP) is 3.33. The molecule has 2 aromatic carbocycles. The number of halogens is 3. The summed E-state index contributed by atoms with van der Waals surface area (Å²) in [6.07, 6.45) is 0. The van der Waals surface area contributed by atoms with Crippen LogP contribution in [0.25, 0.3) is 0 Å². The summed E-state index contributed by atoms with van der Waals surface area (Å²) in [4.78, 5) is 5.72. The van der Waals surface area contributed by atoms with Gasteiger partial charge in [0, 0.05) is 13.6 Å². The summed E-state index contributed by atoms with van der Waals surface area (Å²) >= 11 is 0. The zero-order chi connectivity index (χ0) is 21.3. The summed E-state index contributed by atoms with van der Waals surface area (Å²) in [7, 11) is -2.02. The second kappa shape index (κ2) is 12.7. The standard InChI is InChI=1S/C20H25F2N3O3S.HI/c1-3-23-20(25(2)13-14-28-18-10-6-4-8-16(18)21)24-12-15-29(26,27)19-11-7-5-9-17(19)22;/h4-11H,3,12-15H2,1-2H3,(H,23,24);1H. The number of nitrogens with one attached hydrogen (secondary N) is 1. The molecule has 10 heteroatoms. The first-order chi connectivity index (χ1) is 13.8. The zero-order valence-electron chi connectivity index (χ0n) is 16.8. The largest absolute Gasteiger partial charge is 0.489 e. The SMILES string of the molecule is CCNC(=NCCS(=O)(=O)c1ccccc1F)N(C)CCOc1ccccc1F.I. The quantitative estimate of drug-likeness (QED) is 0.293. The van der Waals surface area contributed by atoms with Crippen LogP contribution in [-0.4, -0.2) is 58.3 Å². The molecule has 0 aliphatic rings. The number of nitrogens with zero attached hydrogens (tertiary/aromatic N) is 2. The van der Waals surface area contributed by atoms with Crippen molar-refractivity contribution in [2.24, 2.45) is 4.99 Å². The molecule has 30 heavy (non-hydrogen) atoms. The maximum atomic E-state index is 13.8. The van der Waals surface area contributed by atoms with Gasteiger partial charge in [-0.25, -0.2) is 17.2 Å². The Bertz CT molecular complexity index is 942. The molecule has 166 valence electrons. The number of hydrogen-bond acceptors (Lipinski definition) is 4. The molecule has 0 heterocycles. The summed E-state index contributed by atoms with van der Waals surface area (Å²) in [5, 5.41) is 3.06. The molecule has 2 rings (SSSR count). The van der Waals surface area contributed by atoms with E-state index in [1.807, 2.05) is 6.92 Å². The fraction of sp³-hybridized carbons (Fsp3) is 0.350. The monoisotopic (exact) mass is 553 g/mol. The molecular weight excluding hydrogens is 527 g/mol. The highest BCUT2D eigenvalue weighted by molar-refractivity contribution is 14.0. The number of aliphatic imine (C=N–C) groups is 1. The van der Waals surface area contributed by atoms with E-state index in [4.69, 9.17) is 4.74 Å². The van der Waals surface area contributed by atoms with Crippen molar-refractivity contribution in [2.45, 2.75) is 11.8 Å². The van der Waals surface area contributed by atoms with E-state index >= 15 is 0 Å². The lowest BCUT2D eigenvalue weighted by molar-refractivity contribution is 0.270. The lowest BCUT2D eigenvalue weighted by atomic mass is 10.3. The van der Waals surface area contributed by atoms with E-state index in [9.17, 15) is 17.2 Å². The second-order valence-electron chi connectivity index (χ2n) is 6.19. The van der Waals surface area contributed by atoms with Gasteiger partial charge in [0.15, 0.2) is 27.4 Å².